The predicted molar refractivity (Wildman–Crippen MR) is 112 cm³/mol. The van der Waals surface area contributed by atoms with E-state index in [4.69, 9.17) is 15.6 Å². The number of rotatable bonds is 5. The fraction of sp³-hybridized carbons (Fsp3) is 0.455. The lowest BCUT2D eigenvalue weighted by Gasteiger charge is -2.30. The Balaban J connectivity index is 1.46. The topological polar surface area (TPSA) is 119 Å². The van der Waals surface area contributed by atoms with Crippen molar-refractivity contribution >= 4 is 23.4 Å². The molecule has 1 saturated carbocycles. The van der Waals surface area contributed by atoms with Crippen molar-refractivity contribution in [2.24, 2.45) is 5.92 Å². The molecule has 158 valence electrons. The molecule has 8 nitrogen and oxygen atoms in total. The number of anilines is 2. The molecule has 3 N–H and O–H groups in total. The maximum Gasteiger partial charge on any atom is 0.318 e. The molecule has 0 bridgehead atoms. The molecule has 1 aliphatic heterocycles. The van der Waals surface area contributed by atoms with Gasteiger partial charge in [0.25, 0.3) is 5.91 Å². The number of carboxylic acids is 1. The Hall–Kier alpha value is -3.16. The Labute approximate surface area is 175 Å². The van der Waals surface area contributed by atoms with Gasteiger partial charge < -0.3 is 20.5 Å². The first kappa shape index (κ1) is 20.1. The van der Waals surface area contributed by atoms with E-state index in [2.05, 4.69) is 22.1 Å². The highest BCUT2D eigenvalue weighted by atomic mass is 16.5. The fourth-order valence-electron chi connectivity index (χ4n) is 4.58. The first-order chi connectivity index (χ1) is 14.5. The molecule has 30 heavy (non-hydrogen) atoms. The summed E-state index contributed by atoms with van der Waals surface area (Å²) in [6.07, 6.45) is 4.75. The molecule has 1 fully saturated rings. The van der Waals surface area contributed by atoms with Crippen molar-refractivity contribution in [3.63, 3.8) is 0 Å². The van der Waals surface area contributed by atoms with E-state index in [9.17, 15) is 9.59 Å². The number of fused-ring (bicyclic) bond motifs is 1. The van der Waals surface area contributed by atoms with E-state index in [0.717, 1.165) is 31.4 Å². The van der Waals surface area contributed by atoms with Gasteiger partial charge in [-0.1, -0.05) is 12.1 Å². The van der Waals surface area contributed by atoms with Gasteiger partial charge in [-0.15, -0.1) is 0 Å². The van der Waals surface area contributed by atoms with Crippen LogP contribution in [-0.2, 0) is 11.2 Å². The molecular formula is C22H26N4O4. The number of carbonyl (C=O) groups is 2. The summed E-state index contributed by atoms with van der Waals surface area (Å²) in [5.41, 5.74) is 9.03. The number of carboxylic acid groups (broad SMARTS) is 1. The molecule has 0 unspecified atom stereocenters. The Morgan fingerprint density at radius 2 is 1.90 bits per heavy atom. The van der Waals surface area contributed by atoms with Crippen molar-refractivity contribution in [2.75, 3.05) is 24.3 Å². The van der Waals surface area contributed by atoms with Crippen molar-refractivity contribution in [1.29, 1.82) is 0 Å². The van der Waals surface area contributed by atoms with E-state index in [-0.39, 0.29) is 30.1 Å². The summed E-state index contributed by atoms with van der Waals surface area (Å²) < 4.78 is 5.05. The van der Waals surface area contributed by atoms with Crippen LogP contribution in [-0.4, -0.2) is 40.6 Å². The third-order valence-electron chi connectivity index (χ3n) is 6.19. The first-order valence-corrected chi connectivity index (χ1v) is 10.3. The maximum absolute atomic E-state index is 13.0. The van der Waals surface area contributed by atoms with Crippen LogP contribution < -0.4 is 15.4 Å². The molecule has 0 spiro atoms. The summed E-state index contributed by atoms with van der Waals surface area (Å²) in [7, 11) is 1.47. The van der Waals surface area contributed by atoms with E-state index in [0.29, 0.717) is 30.1 Å². The highest BCUT2D eigenvalue weighted by Gasteiger charge is 2.30. The molecule has 1 aliphatic carbocycles. The van der Waals surface area contributed by atoms with Crippen LogP contribution in [0.1, 0.15) is 59.6 Å². The molecule has 2 aromatic rings. The molecule has 1 aromatic carbocycles. The summed E-state index contributed by atoms with van der Waals surface area (Å²) in [6.45, 7) is 0.519. The first-order valence-electron chi connectivity index (χ1n) is 10.3. The standard InChI is InChI=1S/C22H26N4O4/c1-30-22-24-17-10-11-26(21(29)19(17)20(23)25-22)16-8-6-15(7-9-16)14-4-2-13(3-5-14)12-18(27)28/h6-9,13-14H,2-5,10-12H2,1H3,(H,27,28)(H2,23,24,25)/t13-,14-. The highest BCUT2D eigenvalue weighted by Crippen LogP contribution is 2.38. The van der Waals surface area contributed by atoms with Gasteiger partial charge in [-0.3, -0.25) is 9.59 Å². The van der Waals surface area contributed by atoms with Crippen LogP contribution in [0, 0.1) is 5.92 Å². The Morgan fingerprint density at radius 1 is 1.20 bits per heavy atom. The number of nitrogens with zero attached hydrogens (tertiary/aromatic N) is 3. The third-order valence-corrected chi connectivity index (χ3v) is 6.19. The number of hydrogen-bond acceptors (Lipinski definition) is 6. The zero-order chi connectivity index (χ0) is 21.3. The second-order valence-corrected chi connectivity index (χ2v) is 8.03. The summed E-state index contributed by atoms with van der Waals surface area (Å²) in [5, 5.41) is 8.97. The number of ether oxygens (including phenoxy) is 1. The van der Waals surface area contributed by atoms with Crippen LogP contribution in [0.15, 0.2) is 24.3 Å². The minimum absolute atomic E-state index is 0.140. The predicted octanol–water partition coefficient (Wildman–Crippen LogP) is 3.02. The maximum atomic E-state index is 13.0. The quantitative estimate of drug-likeness (QED) is 0.778. The molecule has 0 saturated heterocycles. The normalized spacial score (nSPS) is 21.2. The van der Waals surface area contributed by atoms with Crippen molar-refractivity contribution in [3.05, 3.63) is 41.1 Å². The van der Waals surface area contributed by atoms with Gasteiger partial charge in [-0.25, -0.2) is 0 Å². The summed E-state index contributed by atoms with van der Waals surface area (Å²) in [6, 6.07) is 8.28. The van der Waals surface area contributed by atoms with Gasteiger partial charge in [-0.2, -0.15) is 9.97 Å². The Bertz CT molecular complexity index is 952. The van der Waals surface area contributed by atoms with Crippen molar-refractivity contribution in [2.45, 2.75) is 44.4 Å². The zero-order valence-corrected chi connectivity index (χ0v) is 17.0. The molecule has 2 heterocycles. The van der Waals surface area contributed by atoms with E-state index in [1.54, 1.807) is 4.90 Å². The van der Waals surface area contributed by atoms with Gasteiger partial charge in [0, 0.05) is 25.1 Å². The van der Waals surface area contributed by atoms with Gasteiger partial charge in [0.15, 0.2) is 0 Å². The van der Waals surface area contributed by atoms with Crippen LogP contribution in [0.2, 0.25) is 0 Å². The number of benzene rings is 1. The van der Waals surface area contributed by atoms with Gasteiger partial charge in [-0.05, 0) is 55.2 Å². The van der Waals surface area contributed by atoms with Crippen molar-refractivity contribution in [1.82, 2.24) is 9.97 Å². The van der Waals surface area contributed by atoms with Crippen LogP contribution in [0.4, 0.5) is 11.5 Å². The smallest absolute Gasteiger partial charge is 0.318 e. The SMILES string of the molecule is COc1nc(N)c2c(n1)CCN(c1ccc([C@H]3CC[C@H](CC(=O)O)CC3)cc1)C2=O. The zero-order valence-electron chi connectivity index (χ0n) is 17.0. The van der Waals surface area contributed by atoms with Crippen LogP contribution in [0.5, 0.6) is 6.01 Å². The van der Waals surface area contributed by atoms with Gasteiger partial charge in [0.05, 0.1) is 12.8 Å². The van der Waals surface area contributed by atoms with Crippen LogP contribution in [0.3, 0.4) is 0 Å². The summed E-state index contributed by atoms with van der Waals surface area (Å²) in [5.74, 6) is -0.0339. The van der Waals surface area contributed by atoms with E-state index in [1.807, 2.05) is 12.1 Å². The number of nitrogens with two attached hydrogens (primary N) is 1. The van der Waals surface area contributed by atoms with Gasteiger partial charge in [0.1, 0.15) is 11.4 Å². The number of amides is 1. The Kier molecular flexibility index (Phi) is 5.57. The second-order valence-electron chi connectivity index (χ2n) is 8.03. The lowest BCUT2D eigenvalue weighted by atomic mass is 9.77. The highest BCUT2D eigenvalue weighted by molar-refractivity contribution is 6.10. The monoisotopic (exact) mass is 410 g/mol. The summed E-state index contributed by atoms with van der Waals surface area (Å²) >= 11 is 0. The average Bonchev–Trinajstić information content (AvgIpc) is 2.74. The fourth-order valence-corrected chi connectivity index (χ4v) is 4.58. The minimum Gasteiger partial charge on any atom is -0.481 e. The number of carbonyl (C=O) groups excluding carboxylic acids is 1. The Morgan fingerprint density at radius 3 is 2.53 bits per heavy atom. The second kappa shape index (κ2) is 8.30. The van der Waals surface area contributed by atoms with Gasteiger partial charge in [0.2, 0.25) is 0 Å². The van der Waals surface area contributed by atoms with E-state index in [1.165, 1.54) is 12.7 Å². The number of methoxy groups -OCH3 is 1. The summed E-state index contributed by atoms with van der Waals surface area (Å²) in [4.78, 5) is 34.0. The lowest BCUT2D eigenvalue weighted by molar-refractivity contribution is -0.138. The molecule has 1 aromatic heterocycles. The molecular weight excluding hydrogens is 384 g/mol. The number of aliphatic carboxylic acids is 1. The lowest BCUT2D eigenvalue weighted by Crippen LogP contribution is -2.39. The number of aromatic nitrogens is 2. The van der Waals surface area contributed by atoms with Crippen LogP contribution in [0.25, 0.3) is 0 Å². The van der Waals surface area contributed by atoms with E-state index < -0.39 is 5.97 Å². The van der Waals surface area contributed by atoms with Crippen molar-refractivity contribution < 1.29 is 19.4 Å². The van der Waals surface area contributed by atoms with E-state index >= 15 is 0 Å². The van der Waals surface area contributed by atoms with Crippen molar-refractivity contribution in [3.8, 4) is 6.01 Å². The number of nitrogen functional groups attached to an aromatic ring is 1. The number of hydrogen-bond donors (Lipinski definition) is 2. The molecule has 8 heteroatoms. The molecule has 1 amide bonds. The molecule has 0 radical (unpaired) electrons. The van der Waals surface area contributed by atoms with Gasteiger partial charge >= 0.3 is 12.0 Å². The molecule has 4 rings (SSSR count). The molecule has 2 aliphatic rings. The molecule has 0 atom stereocenters. The largest absolute Gasteiger partial charge is 0.481 e. The third kappa shape index (κ3) is 3.94. The average molecular weight is 410 g/mol. The minimum atomic E-state index is -0.708. The van der Waals surface area contributed by atoms with Crippen LogP contribution >= 0.6 is 0 Å².